The molecule has 2 unspecified atom stereocenters. The Hall–Kier alpha value is -2.79. The minimum Gasteiger partial charge on any atom is -0.546 e. The molecule has 0 saturated heterocycles. The number of carbonyl (C=O) groups is 1. The maximum atomic E-state index is 14.0. The van der Waals surface area contributed by atoms with Gasteiger partial charge in [0, 0.05) is 29.3 Å². The zero-order chi connectivity index (χ0) is 31.0. The Morgan fingerprint density at radius 3 is 2.10 bits per heavy atom. The first kappa shape index (κ1) is 32.1. The molecule has 0 bridgehead atoms. The fourth-order valence-electron chi connectivity index (χ4n) is 7.47. The average molecular weight is 588 g/mol. The van der Waals surface area contributed by atoms with Crippen LogP contribution in [0.4, 0.5) is 4.79 Å². The van der Waals surface area contributed by atoms with Gasteiger partial charge in [-0.25, -0.2) is 9.36 Å². The maximum Gasteiger partial charge on any atom is 0.419 e. The van der Waals surface area contributed by atoms with Crippen molar-refractivity contribution in [2.45, 2.75) is 129 Å². The maximum absolute atomic E-state index is 14.0. The lowest BCUT2D eigenvalue weighted by molar-refractivity contribution is 0.0539. The summed E-state index contributed by atoms with van der Waals surface area (Å²) in [7, 11) is -2.20. The zero-order valence-corrected chi connectivity index (χ0v) is 28.9. The highest BCUT2D eigenvalue weighted by molar-refractivity contribution is 6.77. The summed E-state index contributed by atoms with van der Waals surface area (Å²) in [6, 6.07) is 17.3. The minimum atomic E-state index is -2.20. The van der Waals surface area contributed by atoms with Gasteiger partial charge in [0.2, 0.25) is 0 Å². The molecule has 1 aromatic heterocycles. The fraction of sp³-hybridized carbons (Fsp3) is 0.541. The second kappa shape index (κ2) is 12.4. The van der Waals surface area contributed by atoms with E-state index in [1.165, 1.54) is 16.7 Å². The lowest BCUT2D eigenvalue weighted by Gasteiger charge is -2.43. The Bertz CT molecular complexity index is 1400. The first-order chi connectivity index (χ1) is 19.7. The van der Waals surface area contributed by atoms with Crippen LogP contribution in [0.2, 0.25) is 16.6 Å². The molecular weight excluding hydrogens is 534 g/mol. The van der Waals surface area contributed by atoms with Crippen LogP contribution in [0.5, 0.6) is 0 Å². The van der Waals surface area contributed by atoms with Crippen LogP contribution in [0.1, 0.15) is 123 Å². The molecule has 0 fully saturated rings. The molecular formula is C37H53NO3Si. The standard InChI is InChI=1S/C37H53NO3Si/c1-12-15-29-22-30(41-42(24(2)3,25(4)5)26(6)7)23-32(28-20-18-27(8)19-21-28)34-31-16-13-14-17-33(31)38(35(29)34)36(39)40-37(9,10)11/h13-14,16-22,24-26,29,32H,12,15,23H2,1-11H3. The van der Waals surface area contributed by atoms with Gasteiger partial charge in [0.05, 0.1) is 11.3 Å². The van der Waals surface area contributed by atoms with Crippen LogP contribution < -0.4 is 0 Å². The van der Waals surface area contributed by atoms with E-state index in [1.807, 2.05) is 31.4 Å². The summed E-state index contributed by atoms with van der Waals surface area (Å²) in [6.45, 7) is 24.3. The zero-order valence-electron chi connectivity index (χ0n) is 27.9. The van der Waals surface area contributed by atoms with E-state index in [0.717, 1.165) is 41.6 Å². The molecule has 1 heterocycles. The van der Waals surface area contributed by atoms with Crippen molar-refractivity contribution < 1.29 is 14.0 Å². The van der Waals surface area contributed by atoms with E-state index in [9.17, 15) is 4.79 Å². The summed E-state index contributed by atoms with van der Waals surface area (Å²) < 4.78 is 15.4. The van der Waals surface area contributed by atoms with Gasteiger partial charge in [-0.3, -0.25) is 0 Å². The predicted molar refractivity (Wildman–Crippen MR) is 179 cm³/mol. The van der Waals surface area contributed by atoms with Gasteiger partial charge in [0.1, 0.15) is 5.60 Å². The third-order valence-corrected chi connectivity index (χ3v) is 15.1. The van der Waals surface area contributed by atoms with Gasteiger partial charge in [0.25, 0.3) is 8.32 Å². The Morgan fingerprint density at radius 2 is 1.55 bits per heavy atom. The monoisotopic (exact) mass is 587 g/mol. The molecule has 0 amide bonds. The molecule has 42 heavy (non-hydrogen) atoms. The van der Waals surface area contributed by atoms with Crippen molar-refractivity contribution in [3.8, 4) is 0 Å². The first-order valence-corrected chi connectivity index (χ1v) is 18.2. The number of ether oxygens (including phenoxy) is 1. The summed E-state index contributed by atoms with van der Waals surface area (Å²) in [4.78, 5) is 14.0. The van der Waals surface area contributed by atoms with Gasteiger partial charge in [-0.1, -0.05) is 103 Å². The van der Waals surface area contributed by atoms with E-state index in [-0.39, 0.29) is 17.9 Å². The second-order valence-electron chi connectivity index (χ2n) is 14.2. The number of fused-ring (bicyclic) bond motifs is 3. The van der Waals surface area contributed by atoms with Gasteiger partial charge < -0.3 is 9.16 Å². The fourth-order valence-corrected chi connectivity index (χ4v) is 12.8. The van der Waals surface area contributed by atoms with Crippen molar-refractivity contribution in [2.24, 2.45) is 0 Å². The summed E-state index contributed by atoms with van der Waals surface area (Å²) in [5, 5.41) is 1.12. The molecule has 3 aromatic rings. The predicted octanol–water partition coefficient (Wildman–Crippen LogP) is 11.2. The number of aryl methyl sites for hydroxylation is 1. The number of hydrogen-bond donors (Lipinski definition) is 0. The topological polar surface area (TPSA) is 40.5 Å². The number of carbonyl (C=O) groups excluding carboxylic acids is 1. The molecule has 2 atom stereocenters. The highest BCUT2D eigenvalue weighted by atomic mass is 28.4. The molecule has 4 rings (SSSR count). The SMILES string of the molecule is CCCC1C=C(O[Si](C(C)C)(C(C)C)C(C)C)CC(c2ccc(C)cc2)c2c1n(C(=O)OC(C)(C)C)c1ccccc21. The quantitative estimate of drug-likeness (QED) is 0.246. The molecule has 0 N–H and O–H groups in total. The van der Waals surface area contributed by atoms with Crippen LogP contribution >= 0.6 is 0 Å². The van der Waals surface area contributed by atoms with Gasteiger partial charge in [-0.05, 0) is 74.0 Å². The lowest BCUT2D eigenvalue weighted by Crippen LogP contribution is -2.47. The minimum absolute atomic E-state index is 0.0357. The van der Waals surface area contributed by atoms with Crippen molar-refractivity contribution in [3.63, 3.8) is 0 Å². The largest absolute Gasteiger partial charge is 0.546 e. The van der Waals surface area contributed by atoms with Gasteiger partial charge in [-0.15, -0.1) is 0 Å². The molecule has 1 aliphatic carbocycles. The number of nitrogens with zero attached hydrogens (tertiary/aromatic N) is 1. The van der Waals surface area contributed by atoms with E-state index in [1.54, 1.807) is 0 Å². The molecule has 0 saturated carbocycles. The normalized spacial score (nSPS) is 17.9. The van der Waals surface area contributed by atoms with Gasteiger partial charge >= 0.3 is 6.09 Å². The summed E-state index contributed by atoms with van der Waals surface area (Å²) in [6.07, 6.45) is 4.78. The molecule has 2 aromatic carbocycles. The highest BCUT2D eigenvalue weighted by Crippen LogP contribution is 2.50. The Morgan fingerprint density at radius 1 is 0.952 bits per heavy atom. The van der Waals surface area contributed by atoms with E-state index in [0.29, 0.717) is 16.6 Å². The average Bonchev–Trinajstić information content (AvgIpc) is 3.15. The van der Waals surface area contributed by atoms with E-state index in [2.05, 4.69) is 104 Å². The lowest BCUT2D eigenvalue weighted by atomic mass is 9.85. The van der Waals surface area contributed by atoms with Crippen molar-refractivity contribution in [1.29, 1.82) is 0 Å². The number of hydrogen-bond acceptors (Lipinski definition) is 3. The van der Waals surface area contributed by atoms with Crippen LogP contribution in [0.25, 0.3) is 10.9 Å². The van der Waals surface area contributed by atoms with Gasteiger partial charge in [-0.2, -0.15) is 0 Å². The van der Waals surface area contributed by atoms with Crippen molar-refractivity contribution >= 4 is 25.3 Å². The van der Waals surface area contributed by atoms with E-state index >= 15 is 0 Å². The van der Waals surface area contributed by atoms with Crippen LogP contribution in [0, 0.1) is 6.92 Å². The van der Waals surface area contributed by atoms with Crippen molar-refractivity contribution in [1.82, 2.24) is 4.57 Å². The molecule has 0 spiro atoms. The Kier molecular flexibility index (Phi) is 9.52. The number of benzene rings is 2. The molecule has 0 radical (unpaired) electrons. The summed E-state index contributed by atoms with van der Waals surface area (Å²) in [5.41, 5.74) is 6.54. The summed E-state index contributed by atoms with van der Waals surface area (Å²) >= 11 is 0. The van der Waals surface area contributed by atoms with Crippen LogP contribution in [0.15, 0.2) is 60.4 Å². The molecule has 228 valence electrons. The van der Waals surface area contributed by atoms with Crippen LogP contribution in [-0.4, -0.2) is 24.6 Å². The Labute approximate surface area is 255 Å². The number of allylic oxidation sites excluding steroid dienone is 2. The van der Waals surface area contributed by atoms with Crippen molar-refractivity contribution in [2.75, 3.05) is 0 Å². The second-order valence-corrected chi connectivity index (χ2v) is 19.6. The molecule has 0 aliphatic heterocycles. The Balaban J connectivity index is 2.04. The molecule has 5 heteroatoms. The number of para-hydroxylation sites is 1. The van der Waals surface area contributed by atoms with Gasteiger partial charge in [0.15, 0.2) is 0 Å². The van der Waals surface area contributed by atoms with E-state index < -0.39 is 13.9 Å². The van der Waals surface area contributed by atoms with Crippen LogP contribution in [0.3, 0.4) is 0 Å². The number of aromatic nitrogens is 1. The summed E-state index contributed by atoms with van der Waals surface area (Å²) in [5.74, 6) is 1.19. The number of rotatable bonds is 8. The highest BCUT2D eigenvalue weighted by Gasteiger charge is 2.48. The molecule has 1 aliphatic rings. The van der Waals surface area contributed by atoms with Crippen molar-refractivity contribution in [3.05, 3.63) is 82.8 Å². The van der Waals surface area contributed by atoms with Crippen LogP contribution in [-0.2, 0) is 9.16 Å². The smallest absolute Gasteiger partial charge is 0.419 e. The third kappa shape index (κ3) is 6.13. The molecule has 4 nitrogen and oxygen atoms in total. The van der Waals surface area contributed by atoms with E-state index in [4.69, 9.17) is 9.16 Å². The first-order valence-electron chi connectivity index (χ1n) is 16.0. The third-order valence-electron chi connectivity index (χ3n) is 9.11.